The second-order valence-corrected chi connectivity index (χ2v) is 9.78. The quantitative estimate of drug-likeness (QED) is 0.711. The number of amides is 2. The van der Waals surface area contributed by atoms with E-state index in [4.69, 9.17) is 16.3 Å². The first-order valence-corrected chi connectivity index (χ1v) is 11.5. The van der Waals surface area contributed by atoms with Gasteiger partial charge in [-0.3, -0.25) is 5.32 Å². The van der Waals surface area contributed by atoms with Crippen molar-refractivity contribution in [2.24, 2.45) is 5.10 Å². The molecule has 0 aliphatic carbocycles. The van der Waals surface area contributed by atoms with E-state index < -0.39 is 10.0 Å². The highest BCUT2D eigenvalue weighted by Gasteiger charge is 2.36. The van der Waals surface area contributed by atoms with Crippen LogP contribution in [0.1, 0.15) is 6.42 Å². The number of piperazine rings is 1. The Labute approximate surface area is 178 Å². The molecule has 12 heteroatoms. The number of nitrogens with zero attached hydrogens (tertiary/aromatic N) is 4. The first kappa shape index (κ1) is 19.6. The van der Waals surface area contributed by atoms with Gasteiger partial charge in [0.1, 0.15) is 11.8 Å². The second kappa shape index (κ2) is 7.41. The molecule has 2 N–H and O–H groups in total. The molecular weight excluding hydrogens is 432 g/mol. The Hall–Kier alpha value is -2.34. The molecule has 0 bridgehead atoms. The average molecular weight is 453 g/mol. The number of ether oxygens (including phenoxy) is 1. The fourth-order valence-corrected chi connectivity index (χ4v) is 5.54. The number of hydrazone groups is 1. The average Bonchev–Trinajstić information content (AvgIpc) is 3.39. The number of hydrogen-bond acceptors (Lipinski definition) is 6. The Balaban J connectivity index is 1.27. The van der Waals surface area contributed by atoms with Gasteiger partial charge < -0.3 is 14.6 Å². The predicted molar refractivity (Wildman–Crippen MR) is 111 cm³/mol. The summed E-state index contributed by atoms with van der Waals surface area (Å²) in [6, 6.07) is 6.61. The summed E-state index contributed by atoms with van der Waals surface area (Å²) in [6.07, 6.45) is 0.739. The molecule has 2 aromatic rings. The summed E-state index contributed by atoms with van der Waals surface area (Å²) in [5, 5.41) is 10.3. The van der Waals surface area contributed by atoms with Gasteiger partial charge in [-0.1, -0.05) is 11.6 Å². The summed E-state index contributed by atoms with van der Waals surface area (Å²) in [4.78, 5) is 17.4. The Bertz CT molecular complexity index is 1120. The summed E-state index contributed by atoms with van der Waals surface area (Å²) in [7, 11) is -3.70. The zero-order valence-corrected chi connectivity index (χ0v) is 17.6. The highest BCUT2D eigenvalue weighted by Crippen LogP contribution is 2.25. The fraction of sp³-hybridized carbons (Fsp3) is 0.444. The number of hydrogen-bond donors (Lipinski definition) is 2. The van der Waals surface area contributed by atoms with Crippen LogP contribution in [-0.4, -0.2) is 85.0 Å². The minimum atomic E-state index is -3.70. The van der Waals surface area contributed by atoms with Crippen molar-refractivity contribution in [3.05, 3.63) is 29.3 Å². The van der Waals surface area contributed by atoms with E-state index in [0.29, 0.717) is 42.8 Å². The zero-order valence-electron chi connectivity index (χ0n) is 16.0. The number of aromatic amines is 1. The SMILES string of the molecule is O=C(N1CCN(S(=O)(=O)c2cc3cc(Cl)ccc3[nH]2)CC1)N1CCC2NCOC2=N1. The summed E-state index contributed by atoms with van der Waals surface area (Å²) >= 11 is 5.99. The lowest BCUT2D eigenvalue weighted by Gasteiger charge is -2.36. The molecule has 10 nitrogen and oxygen atoms in total. The largest absolute Gasteiger partial charge is 0.463 e. The lowest BCUT2D eigenvalue weighted by molar-refractivity contribution is 0.131. The van der Waals surface area contributed by atoms with E-state index in [1.54, 1.807) is 29.2 Å². The normalized spacial score (nSPS) is 22.7. The molecule has 0 saturated carbocycles. The second-order valence-electron chi connectivity index (χ2n) is 7.43. The fourth-order valence-electron chi connectivity index (χ4n) is 3.92. The third-order valence-electron chi connectivity index (χ3n) is 5.60. The summed E-state index contributed by atoms with van der Waals surface area (Å²) in [5.74, 6) is 0.537. The van der Waals surface area contributed by atoms with Gasteiger partial charge in [0, 0.05) is 48.6 Å². The van der Waals surface area contributed by atoms with E-state index in [9.17, 15) is 13.2 Å². The van der Waals surface area contributed by atoms with Crippen molar-refractivity contribution in [1.29, 1.82) is 0 Å². The number of H-pyrrole nitrogens is 1. The van der Waals surface area contributed by atoms with Crippen molar-refractivity contribution in [2.45, 2.75) is 17.5 Å². The Morgan fingerprint density at radius 1 is 1.17 bits per heavy atom. The molecule has 1 aromatic carbocycles. The van der Waals surface area contributed by atoms with Gasteiger partial charge in [-0.2, -0.15) is 4.31 Å². The van der Waals surface area contributed by atoms with Crippen LogP contribution >= 0.6 is 11.6 Å². The van der Waals surface area contributed by atoms with Crippen LogP contribution in [0.25, 0.3) is 10.9 Å². The van der Waals surface area contributed by atoms with Gasteiger partial charge in [0.25, 0.3) is 10.0 Å². The molecule has 2 fully saturated rings. The van der Waals surface area contributed by atoms with Crippen LogP contribution in [0.5, 0.6) is 0 Å². The molecule has 5 rings (SSSR count). The van der Waals surface area contributed by atoms with Crippen molar-refractivity contribution < 1.29 is 17.9 Å². The maximum Gasteiger partial charge on any atom is 0.340 e. The van der Waals surface area contributed by atoms with Crippen molar-refractivity contribution in [3.8, 4) is 0 Å². The van der Waals surface area contributed by atoms with E-state index in [1.807, 2.05) is 0 Å². The molecule has 2 saturated heterocycles. The van der Waals surface area contributed by atoms with Crippen LogP contribution < -0.4 is 5.32 Å². The number of rotatable bonds is 2. The van der Waals surface area contributed by atoms with Crippen LogP contribution in [-0.2, 0) is 14.8 Å². The minimum Gasteiger partial charge on any atom is -0.463 e. The molecule has 3 aliphatic rings. The maximum absolute atomic E-state index is 13.0. The Kier molecular flexibility index (Phi) is 4.85. The highest BCUT2D eigenvalue weighted by atomic mass is 35.5. The highest BCUT2D eigenvalue weighted by molar-refractivity contribution is 7.89. The molecule has 3 aliphatic heterocycles. The molecule has 30 heavy (non-hydrogen) atoms. The van der Waals surface area contributed by atoms with Crippen LogP contribution in [0.4, 0.5) is 4.79 Å². The molecule has 2 amide bonds. The van der Waals surface area contributed by atoms with Crippen LogP contribution in [0.3, 0.4) is 0 Å². The molecule has 160 valence electrons. The van der Waals surface area contributed by atoms with Crippen LogP contribution in [0, 0.1) is 0 Å². The van der Waals surface area contributed by atoms with E-state index >= 15 is 0 Å². The van der Waals surface area contributed by atoms with Crippen molar-refractivity contribution >= 4 is 44.5 Å². The van der Waals surface area contributed by atoms with E-state index in [1.165, 1.54) is 9.31 Å². The molecule has 1 aromatic heterocycles. The number of nitrogens with one attached hydrogen (secondary N) is 2. The number of carbonyl (C=O) groups is 1. The van der Waals surface area contributed by atoms with Gasteiger partial charge in [-0.05, 0) is 30.7 Å². The molecule has 0 radical (unpaired) electrons. The minimum absolute atomic E-state index is 0.0715. The van der Waals surface area contributed by atoms with Gasteiger partial charge in [0.15, 0.2) is 0 Å². The van der Waals surface area contributed by atoms with Crippen LogP contribution in [0.15, 0.2) is 34.4 Å². The zero-order chi connectivity index (χ0) is 20.9. The van der Waals surface area contributed by atoms with E-state index in [-0.39, 0.29) is 30.2 Å². The number of urea groups is 1. The first-order chi connectivity index (χ1) is 14.4. The molecule has 1 unspecified atom stereocenters. The molecule has 0 spiro atoms. The van der Waals surface area contributed by atoms with E-state index in [0.717, 1.165) is 11.8 Å². The van der Waals surface area contributed by atoms with E-state index in [2.05, 4.69) is 15.4 Å². The summed E-state index contributed by atoms with van der Waals surface area (Å²) in [5.41, 5.74) is 0.706. The van der Waals surface area contributed by atoms with Crippen molar-refractivity contribution in [3.63, 3.8) is 0 Å². The number of halogens is 1. The third-order valence-corrected chi connectivity index (χ3v) is 7.66. The number of sulfonamides is 1. The Morgan fingerprint density at radius 3 is 2.77 bits per heavy atom. The van der Waals surface area contributed by atoms with Gasteiger partial charge in [-0.25, -0.2) is 18.2 Å². The topological polar surface area (TPSA) is 110 Å². The smallest absolute Gasteiger partial charge is 0.340 e. The first-order valence-electron chi connectivity index (χ1n) is 9.71. The van der Waals surface area contributed by atoms with Gasteiger partial charge in [0.05, 0.1) is 6.04 Å². The predicted octanol–water partition coefficient (Wildman–Crippen LogP) is 1.21. The molecule has 4 heterocycles. The summed E-state index contributed by atoms with van der Waals surface area (Å²) < 4.78 is 32.9. The third kappa shape index (κ3) is 3.41. The standard InChI is InChI=1S/C18H21ClN6O4S/c19-13-1-2-14-12(9-13)10-16(21-14)30(27,28)24-7-5-23(6-8-24)18(26)25-4-3-15-17(22-25)29-11-20-15/h1-2,9-10,15,20-21H,3-8,11H2. The van der Waals surface area contributed by atoms with Crippen molar-refractivity contribution in [1.82, 2.24) is 24.5 Å². The van der Waals surface area contributed by atoms with Gasteiger partial charge in [-0.15, -0.1) is 5.10 Å². The van der Waals surface area contributed by atoms with Crippen LogP contribution in [0.2, 0.25) is 5.02 Å². The monoisotopic (exact) mass is 452 g/mol. The van der Waals surface area contributed by atoms with Crippen molar-refractivity contribution in [2.75, 3.05) is 39.5 Å². The summed E-state index contributed by atoms with van der Waals surface area (Å²) in [6.45, 7) is 1.94. The van der Waals surface area contributed by atoms with Gasteiger partial charge in [0.2, 0.25) is 5.90 Å². The Morgan fingerprint density at radius 2 is 1.97 bits per heavy atom. The number of fused-ring (bicyclic) bond motifs is 2. The number of aromatic nitrogens is 1. The molecular formula is C18H21ClN6O4S. The maximum atomic E-state index is 13.0. The lowest BCUT2D eigenvalue weighted by atomic mass is 10.2. The number of carbonyl (C=O) groups excluding carboxylic acids is 1. The van der Waals surface area contributed by atoms with Gasteiger partial charge >= 0.3 is 6.03 Å². The molecule has 1 atom stereocenters. The lowest BCUT2D eigenvalue weighted by Crippen LogP contribution is -2.54. The number of benzene rings is 1.